The highest BCUT2D eigenvalue weighted by Crippen LogP contribution is 2.22. The number of hydrogen-bond acceptors (Lipinski definition) is 4. The average molecular weight is 317 g/mol. The van der Waals surface area contributed by atoms with Crippen molar-refractivity contribution in [2.45, 2.75) is 44.6 Å². The van der Waals surface area contributed by atoms with E-state index in [4.69, 9.17) is 0 Å². The molecule has 0 aromatic carbocycles. The molecule has 0 bridgehead atoms. The van der Waals surface area contributed by atoms with E-state index < -0.39 is 10.0 Å². The lowest BCUT2D eigenvalue weighted by molar-refractivity contribution is -0.135. The maximum Gasteiger partial charge on any atom is 0.223 e. The van der Waals surface area contributed by atoms with Gasteiger partial charge in [0.05, 0.1) is 6.26 Å². The minimum absolute atomic E-state index is 0.190. The van der Waals surface area contributed by atoms with Gasteiger partial charge in [-0.2, -0.15) is 0 Å². The van der Waals surface area contributed by atoms with E-state index in [1.54, 1.807) is 0 Å². The fraction of sp³-hybridized carbons (Fsp3) is 0.929. The molecule has 21 heavy (non-hydrogen) atoms. The fourth-order valence-electron chi connectivity index (χ4n) is 3.29. The predicted molar refractivity (Wildman–Crippen MR) is 82.4 cm³/mol. The molecule has 0 aliphatic carbocycles. The minimum atomic E-state index is -3.14. The first kappa shape index (κ1) is 16.7. The Hall–Kier alpha value is -0.660. The molecule has 2 aliphatic heterocycles. The van der Waals surface area contributed by atoms with E-state index in [1.807, 2.05) is 4.90 Å². The van der Waals surface area contributed by atoms with E-state index in [-0.39, 0.29) is 11.9 Å². The van der Waals surface area contributed by atoms with Gasteiger partial charge in [0.1, 0.15) is 0 Å². The smallest absolute Gasteiger partial charge is 0.223 e. The van der Waals surface area contributed by atoms with E-state index in [0.29, 0.717) is 25.3 Å². The maximum atomic E-state index is 12.5. The van der Waals surface area contributed by atoms with Crippen molar-refractivity contribution in [2.24, 2.45) is 5.92 Å². The van der Waals surface area contributed by atoms with Crippen molar-refractivity contribution < 1.29 is 13.2 Å². The third-order valence-electron chi connectivity index (χ3n) is 4.41. The molecule has 0 aromatic heterocycles. The Balaban J connectivity index is 1.83. The highest BCUT2D eigenvalue weighted by atomic mass is 32.2. The Morgan fingerprint density at radius 1 is 1.33 bits per heavy atom. The zero-order valence-corrected chi connectivity index (χ0v) is 13.6. The lowest BCUT2D eigenvalue weighted by Gasteiger charge is -2.36. The fourth-order valence-corrected chi connectivity index (χ4v) is 3.78. The van der Waals surface area contributed by atoms with E-state index in [1.165, 1.54) is 6.26 Å². The summed E-state index contributed by atoms with van der Waals surface area (Å²) in [6.45, 7) is 3.19. The van der Waals surface area contributed by atoms with Crippen molar-refractivity contribution in [3.8, 4) is 0 Å². The lowest BCUT2D eigenvalue weighted by atomic mass is 9.97. The van der Waals surface area contributed by atoms with Crippen molar-refractivity contribution in [3.05, 3.63) is 0 Å². The van der Waals surface area contributed by atoms with Crippen molar-refractivity contribution in [1.82, 2.24) is 14.9 Å². The predicted octanol–water partition coefficient (Wildman–Crippen LogP) is 0.306. The molecule has 0 aromatic rings. The number of piperidine rings is 1. The summed E-state index contributed by atoms with van der Waals surface area (Å²) in [6, 6.07) is 0.190. The number of likely N-dealkylation sites (tertiary alicyclic amines) is 1. The summed E-state index contributed by atoms with van der Waals surface area (Å²) in [4.78, 5) is 14.5. The van der Waals surface area contributed by atoms with Crippen LogP contribution in [0.5, 0.6) is 0 Å². The summed E-state index contributed by atoms with van der Waals surface area (Å²) in [7, 11) is -3.14. The lowest BCUT2D eigenvalue weighted by Crippen LogP contribution is -2.45. The van der Waals surface area contributed by atoms with Crippen molar-refractivity contribution in [3.63, 3.8) is 0 Å². The number of rotatable bonds is 6. The number of nitrogens with zero attached hydrogens (tertiary/aromatic N) is 1. The van der Waals surface area contributed by atoms with Crippen LogP contribution in [-0.2, 0) is 14.8 Å². The number of sulfonamides is 1. The first-order valence-corrected chi connectivity index (χ1v) is 9.79. The normalized spacial score (nSPS) is 27.0. The summed E-state index contributed by atoms with van der Waals surface area (Å²) in [5.74, 6) is 0.710. The molecule has 2 fully saturated rings. The Morgan fingerprint density at radius 2 is 2.14 bits per heavy atom. The Bertz CT molecular complexity index is 446. The average Bonchev–Trinajstić information content (AvgIpc) is 2.90. The van der Waals surface area contributed by atoms with Crippen LogP contribution in [0.2, 0.25) is 0 Å². The summed E-state index contributed by atoms with van der Waals surface area (Å²) >= 11 is 0. The molecule has 2 unspecified atom stereocenters. The van der Waals surface area contributed by atoms with Gasteiger partial charge in [-0.15, -0.1) is 0 Å². The van der Waals surface area contributed by atoms with Crippen LogP contribution >= 0.6 is 0 Å². The number of carbonyl (C=O) groups excluding carboxylic acids is 1. The third-order valence-corrected chi connectivity index (χ3v) is 5.14. The second-order valence-corrected chi connectivity index (χ2v) is 8.09. The molecule has 2 heterocycles. The van der Waals surface area contributed by atoms with Crippen LogP contribution in [0.3, 0.4) is 0 Å². The zero-order valence-electron chi connectivity index (χ0n) is 12.8. The second-order valence-electron chi connectivity index (χ2n) is 6.25. The molecule has 2 aliphatic rings. The van der Waals surface area contributed by atoms with Crippen LogP contribution in [-0.4, -0.2) is 57.7 Å². The molecule has 2 rings (SSSR count). The molecule has 2 N–H and O–H groups in total. The van der Waals surface area contributed by atoms with E-state index >= 15 is 0 Å². The number of nitrogens with one attached hydrogen (secondary N) is 2. The first-order valence-electron chi connectivity index (χ1n) is 7.90. The SMILES string of the molecule is CS(=O)(=O)NCCC1CCCCN1C(=O)CC1CCNC1. The molecule has 2 saturated heterocycles. The van der Waals surface area contributed by atoms with Crippen LogP contribution in [0.25, 0.3) is 0 Å². The molecule has 0 radical (unpaired) electrons. The summed E-state index contributed by atoms with van der Waals surface area (Å²) in [5.41, 5.74) is 0. The van der Waals surface area contributed by atoms with Crippen molar-refractivity contribution >= 4 is 15.9 Å². The van der Waals surface area contributed by atoms with Gasteiger partial charge in [-0.05, 0) is 51.1 Å². The molecule has 6 nitrogen and oxygen atoms in total. The highest BCUT2D eigenvalue weighted by molar-refractivity contribution is 7.88. The quantitative estimate of drug-likeness (QED) is 0.739. The Kier molecular flexibility index (Phi) is 6.01. The van der Waals surface area contributed by atoms with Crippen LogP contribution < -0.4 is 10.0 Å². The van der Waals surface area contributed by atoms with Gasteiger partial charge in [-0.1, -0.05) is 0 Å². The Labute approximate surface area is 127 Å². The van der Waals surface area contributed by atoms with Gasteiger partial charge >= 0.3 is 0 Å². The molecule has 122 valence electrons. The van der Waals surface area contributed by atoms with Crippen molar-refractivity contribution in [2.75, 3.05) is 32.4 Å². The summed E-state index contributed by atoms with van der Waals surface area (Å²) in [6.07, 6.45) is 6.76. The van der Waals surface area contributed by atoms with Crippen LogP contribution in [0.15, 0.2) is 0 Å². The van der Waals surface area contributed by atoms with Gasteiger partial charge in [0.25, 0.3) is 0 Å². The molecule has 7 heteroatoms. The molecule has 1 amide bonds. The summed E-state index contributed by atoms with van der Waals surface area (Å²) < 4.78 is 24.8. The number of carbonyl (C=O) groups is 1. The van der Waals surface area contributed by atoms with Gasteiger partial charge in [0.2, 0.25) is 15.9 Å². The second kappa shape index (κ2) is 7.56. The van der Waals surface area contributed by atoms with E-state index in [0.717, 1.165) is 45.3 Å². The number of hydrogen-bond donors (Lipinski definition) is 2. The van der Waals surface area contributed by atoms with Gasteiger partial charge in [-0.3, -0.25) is 4.79 Å². The van der Waals surface area contributed by atoms with Crippen molar-refractivity contribution in [1.29, 1.82) is 0 Å². The molecule has 0 spiro atoms. The molecular weight excluding hydrogens is 290 g/mol. The monoisotopic (exact) mass is 317 g/mol. The molecular formula is C14H27N3O3S. The number of amides is 1. The topological polar surface area (TPSA) is 78.5 Å². The zero-order chi connectivity index (χ0) is 15.3. The molecule has 2 atom stereocenters. The van der Waals surface area contributed by atoms with Crippen LogP contribution in [0, 0.1) is 5.92 Å². The van der Waals surface area contributed by atoms with Gasteiger partial charge < -0.3 is 10.2 Å². The van der Waals surface area contributed by atoms with Crippen LogP contribution in [0.1, 0.15) is 38.5 Å². The van der Waals surface area contributed by atoms with Crippen LogP contribution in [0.4, 0.5) is 0 Å². The Morgan fingerprint density at radius 3 is 2.81 bits per heavy atom. The standard InChI is InChI=1S/C14H27N3O3S/c1-21(19,20)16-8-6-13-4-2-3-9-17(13)14(18)10-12-5-7-15-11-12/h12-13,15-16H,2-11H2,1H3. The molecule has 0 saturated carbocycles. The summed E-state index contributed by atoms with van der Waals surface area (Å²) in [5, 5.41) is 3.30. The maximum absolute atomic E-state index is 12.5. The van der Waals surface area contributed by atoms with Gasteiger partial charge in [0.15, 0.2) is 0 Å². The van der Waals surface area contributed by atoms with Gasteiger partial charge in [-0.25, -0.2) is 13.1 Å². The van der Waals surface area contributed by atoms with E-state index in [9.17, 15) is 13.2 Å². The largest absolute Gasteiger partial charge is 0.340 e. The van der Waals surface area contributed by atoms with E-state index in [2.05, 4.69) is 10.0 Å². The minimum Gasteiger partial charge on any atom is -0.340 e. The third kappa shape index (κ3) is 5.56. The van der Waals surface area contributed by atoms with Gasteiger partial charge in [0, 0.05) is 25.6 Å². The highest BCUT2D eigenvalue weighted by Gasteiger charge is 2.28. The first-order chi connectivity index (χ1) is 9.96.